The fourth-order valence-corrected chi connectivity index (χ4v) is 1.47. The number of amides is 1. The molecular formula is C6H9BrN2OS. The molecule has 0 aliphatic carbocycles. The van der Waals surface area contributed by atoms with Gasteiger partial charge in [-0.05, 0) is 22.9 Å². The van der Waals surface area contributed by atoms with Gasteiger partial charge in [0.15, 0.2) is 0 Å². The lowest BCUT2D eigenvalue weighted by molar-refractivity contribution is -0.127. The zero-order valence-corrected chi connectivity index (χ0v) is 8.74. The van der Waals surface area contributed by atoms with Crippen LogP contribution in [0, 0.1) is 0 Å². The Morgan fingerprint density at radius 2 is 2.27 bits per heavy atom. The summed E-state index contributed by atoms with van der Waals surface area (Å²) >= 11 is 7.23. The van der Waals surface area contributed by atoms with Gasteiger partial charge in [-0.3, -0.25) is 4.79 Å². The number of thiol groups is 1. The van der Waals surface area contributed by atoms with Crippen LogP contribution in [0.2, 0.25) is 0 Å². The van der Waals surface area contributed by atoms with Gasteiger partial charge in [0.05, 0.1) is 11.2 Å². The van der Waals surface area contributed by atoms with Crippen molar-refractivity contribution in [1.29, 1.82) is 0 Å². The third kappa shape index (κ3) is 1.54. The number of hydrogen-bond donors (Lipinski definition) is 2. The van der Waals surface area contributed by atoms with Crippen LogP contribution in [0.4, 0.5) is 0 Å². The minimum Gasteiger partial charge on any atom is -0.359 e. The van der Waals surface area contributed by atoms with E-state index in [1.807, 2.05) is 6.92 Å². The van der Waals surface area contributed by atoms with Gasteiger partial charge in [-0.1, -0.05) is 0 Å². The topological polar surface area (TPSA) is 32.3 Å². The lowest BCUT2D eigenvalue weighted by atomic mass is 10.3. The van der Waals surface area contributed by atoms with Crippen LogP contribution in [0.1, 0.15) is 6.92 Å². The predicted octanol–water partition coefficient (Wildman–Crippen LogP) is 0.888. The van der Waals surface area contributed by atoms with Crippen LogP contribution in [0.25, 0.3) is 0 Å². The molecule has 3 nitrogen and oxygen atoms in total. The molecule has 0 spiro atoms. The third-order valence-electron chi connectivity index (χ3n) is 1.64. The monoisotopic (exact) mass is 236 g/mol. The normalized spacial score (nSPS) is 25.6. The highest BCUT2D eigenvalue weighted by Gasteiger charge is 2.25. The van der Waals surface area contributed by atoms with Gasteiger partial charge in [0.2, 0.25) is 0 Å². The molecular weight excluding hydrogens is 228 g/mol. The summed E-state index contributed by atoms with van der Waals surface area (Å²) in [5, 5.41) is 3.61. The quantitative estimate of drug-likeness (QED) is 0.613. The van der Waals surface area contributed by atoms with Gasteiger partial charge in [-0.15, -0.1) is 12.6 Å². The van der Waals surface area contributed by atoms with Crippen LogP contribution in [0.5, 0.6) is 0 Å². The zero-order valence-electron chi connectivity index (χ0n) is 6.26. The summed E-state index contributed by atoms with van der Waals surface area (Å²) in [6.45, 7) is 1.90. The van der Waals surface area contributed by atoms with E-state index in [1.165, 1.54) is 0 Å². The zero-order chi connectivity index (χ0) is 8.59. The van der Waals surface area contributed by atoms with Gasteiger partial charge < -0.3 is 10.2 Å². The smallest absolute Gasteiger partial charge is 0.264 e. The van der Waals surface area contributed by atoms with Crippen molar-refractivity contribution in [3.63, 3.8) is 0 Å². The van der Waals surface area contributed by atoms with Crippen LogP contribution >= 0.6 is 28.6 Å². The fraction of sp³-hybridized carbons (Fsp3) is 0.500. The van der Waals surface area contributed by atoms with Crippen molar-refractivity contribution in [3.8, 4) is 0 Å². The molecule has 1 aliphatic heterocycles. The molecule has 0 saturated heterocycles. The molecule has 0 aromatic rings. The summed E-state index contributed by atoms with van der Waals surface area (Å²) in [5.41, 5.74) is 0. The van der Waals surface area contributed by atoms with Crippen molar-refractivity contribution in [3.05, 3.63) is 9.51 Å². The van der Waals surface area contributed by atoms with Crippen LogP contribution in [0.15, 0.2) is 9.51 Å². The van der Waals surface area contributed by atoms with Gasteiger partial charge in [0.1, 0.15) is 4.48 Å². The lowest BCUT2D eigenvalue weighted by Gasteiger charge is -2.31. The Bertz CT molecular complexity index is 229. The first-order valence-electron chi connectivity index (χ1n) is 3.16. The van der Waals surface area contributed by atoms with Crippen molar-refractivity contribution in [2.75, 3.05) is 7.05 Å². The maximum absolute atomic E-state index is 11.3. The van der Waals surface area contributed by atoms with Crippen molar-refractivity contribution in [2.45, 2.75) is 13.1 Å². The number of carbonyl (C=O) groups is 1. The summed E-state index contributed by atoms with van der Waals surface area (Å²) < 4.78 is 0.487. The molecule has 1 amide bonds. The highest BCUT2D eigenvalue weighted by Crippen LogP contribution is 2.21. The van der Waals surface area contributed by atoms with Crippen molar-refractivity contribution >= 4 is 34.5 Å². The average molecular weight is 237 g/mol. The first kappa shape index (κ1) is 8.93. The maximum Gasteiger partial charge on any atom is 0.264 e. The van der Waals surface area contributed by atoms with Gasteiger partial charge in [-0.25, -0.2) is 0 Å². The van der Waals surface area contributed by atoms with Crippen LogP contribution in [0.3, 0.4) is 0 Å². The van der Waals surface area contributed by atoms with E-state index in [2.05, 4.69) is 33.9 Å². The molecule has 62 valence electrons. The highest BCUT2D eigenvalue weighted by molar-refractivity contribution is 9.12. The summed E-state index contributed by atoms with van der Waals surface area (Å²) in [6.07, 6.45) is 0.0105. The largest absolute Gasteiger partial charge is 0.359 e. The Kier molecular flexibility index (Phi) is 2.49. The molecule has 1 unspecified atom stereocenters. The Morgan fingerprint density at radius 1 is 1.73 bits per heavy atom. The Hall–Kier alpha value is -0.160. The molecule has 0 saturated carbocycles. The number of nitrogens with one attached hydrogen (secondary N) is 1. The molecule has 5 heteroatoms. The number of rotatable bonds is 0. The minimum absolute atomic E-state index is 0.0105. The molecule has 1 atom stereocenters. The summed E-state index contributed by atoms with van der Waals surface area (Å²) in [4.78, 5) is 12.9. The second kappa shape index (κ2) is 3.06. The van der Waals surface area contributed by atoms with E-state index < -0.39 is 0 Å². The Morgan fingerprint density at radius 3 is 2.82 bits per heavy atom. The molecule has 1 heterocycles. The second-order valence-electron chi connectivity index (χ2n) is 2.40. The number of halogens is 1. The number of carbonyl (C=O) groups excluding carboxylic acids is 1. The van der Waals surface area contributed by atoms with E-state index in [4.69, 9.17) is 0 Å². The van der Waals surface area contributed by atoms with E-state index in [-0.39, 0.29) is 12.1 Å². The van der Waals surface area contributed by atoms with E-state index in [0.717, 1.165) is 0 Å². The first-order chi connectivity index (χ1) is 5.04. The molecule has 0 radical (unpaired) electrons. The Balaban J connectivity index is 2.95. The van der Waals surface area contributed by atoms with Crippen molar-refractivity contribution in [1.82, 2.24) is 10.2 Å². The number of nitrogens with zero attached hydrogens (tertiary/aromatic N) is 1. The maximum atomic E-state index is 11.3. The number of hydrogen-bond acceptors (Lipinski definition) is 3. The van der Waals surface area contributed by atoms with Crippen molar-refractivity contribution < 1.29 is 4.79 Å². The number of likely N-dealkylation sites (N-methyl/N-ethyl adjacent to an activating group) is 1. The SMILES string of the molecule is CC1NC(S)=C(Br)C(=O)N1C. The molecule has 0 aromatic heterocycles. The standard InChI is InChI=1S/C6H9BrN2OS/c1-3-8-5(11)4(7)6(10)9(3)2/h3,8,11H,1-2H3. The van der Waals surface area contributed by atoms with Crippen LogP contribution < -0.4 is 5.32 Å². The summed E-state index contributed by atoms with van der Waals surface area (Å²) in [7, 11) is 1.74. The third-order valence-corrected chi connectivity index (χ3v) is 3.04. The van der Waals surface area contributed by atoms with E-state index in [1.54, 1.807) is 11.9 Å². The lowest BCUT2D eigenvalue weighted by Crippen LogP contribution is -2.47. The van der Waals surface area contributed by atoms with E-state index in [0.29, 0.717) is 9.51 Å². The van der Waals surface area contributed by atoms with Gasteiger partial charge in [-0.2, -0.15) is 0 Å². The summed E-state index contributed by atoms with van der Waals surface area (Å²) in [5.74, 6) is -0.0405. The molecule has 1 rings (SSSR count). The molecule has 0 aromatic carbocycles. The minimum atomic E-state index is -0.0405. The highest BCUT2D eigenvalue weighted by atomic mass is 79.9. The first-order valence-corrected chi connectivity index (χ1v) is 4.40. The van der Waals surface area contributed by atoms with E-state index >= 15 is 0 Å². The van der Waals surface area contributed by atoms with Crippen LogP contribution in [-0.4, -0.2) is 24.0 Å². The fourth-order valence-electron chi connectivity index (χ4n) is 0.790. The molecule has 0 fully saturated rings. The molecule has 1 aliphatic rings. The van der Waals surface area contributed by atoms with Gasteiger partial charge >= 0.3 is 0 Å². The van der Waals surface area contributed by atoms with Crippen LogP contribution in [-0.2, 0) is 4.79 Å². The van der Waals surface area contributed by atoms with E-state index in [9.17, 15) is 4.79 Å². The Labute approximate surface area is 79.4 Å². The van der Waals surface area contributed by atoms with Gasteiger partial charge in [0.25, 0.3) is 5.91 Å². The molecule has 0 bridgehead atoms. The molecule has 11 heavy (non-hydrogen) atoms. The average Bonchev–Trinajstić information content (AvgIpc) is 1.97. The van der Waals surface area contributed by atoms with Crippen molar-refractivity contribution in [2.24, 2.45) is 0 Å². The summed E-state index contributed by atoms with van der Waals surface area (Å²) in [6, 6.07) is 0. The molecule has 1 N–H and O–H groups in total. The predicted molar refractivity (Wildman–Crippen MR) is 50.3 cm³/mol. The van der Waals surface area contributed by atoms with Gasteiger partial charge in [0, 0.05) is 7.05 Å². The second-order valence-corrected chi connectivity index (χ2v) is 3.64.